The van der Waals surface area contributed by atoms with Gasteiger partial charge in [-0.15, -0.1) is 0 Å². The molecule has 0 aromatic heterocycles. The molecule has 3 heterocycles. The Labute approximate surface area is 87.1 Å². The molecule has 3 aliphatic rings. The van der Waals surface area contributed by atoms with Crippen LogP contribution in [0.25, 0.3) is 0 Å². The molecule has 0 bridgehead atoms. The fraction of sp³-hybridized carbons (Fsp3) is 0.375. The molecule has 0 aromatic rings. The predicted molar refractivity (Wildman–Crippen MR) is 40.3 cm³/mol. The van der Waals surface area contributed by atoms with Gasteiger partial charge in [0.2, 0.25) is 5.91 Å². The molecule has 3 aliphatic heterocycles. The largest absolute Gasteiger partial charge is 0.425 e. The Morgan fingerprint density at radius 1 is 1.06 bits per heavy atom. The minimum atomic E-state index is -2.19. The molecule has 8 heteroatoms. The van der Waals surface area contributed by atoms with Crippen molar-refractivity contribution in [2.24, 2.45) is 5.92 Å². The van der Waals surface area contributed by atoms with Gasteiger partial charge in [0.05, 0.1) is 0 Å². The molecule has 2 atom stereocenters. The number of hydrogen-bond acceptors (Lipinski definition) is 7. The minimum Gasteiger partial charge on any atom is -0.391 e. The van der Waals surface area contributed by atoms with E-state index in [2.05, 4.69) is 9.47 Å². The minimum absolute atomic E-state index is 0.382. The zero-order chi connectivity index (χ0) is 11.7. The van der Waals surface area contributed by atoms with E-state index < -0.39 is 47.8 Å². The molecule has 0 N–H and O–H groups in total. The van der Waals surface area contributed by atoms with Crippen LogP contribution in [0.2, 0.25) is 0 Å². The summed E-state index contributed by atoms with van der Waals surface area (Å²) in [5.74, 6) is -5.47. The Balaban J connectivity index is 2.27. The van der Waals surface area contributed by atoms with E-state index in [0.29, 0.717) is 4.90 Å². The van der Waals surface area contributed by atoms with E-state index in [1.54, 1.807) is 0 Å². The molecule has 82 valence electrons. The first-order valence-corrected chi connectivity index (χ1v) is 4.35. The summed E-state index contributed by atoms with van der Waals surface area (Å²) in [6.07, 6.45) is -1.63. The van der Waals surface area contributed by atoms with Gasteiger partial charge in [-0.3, -0.25) is 9.59 Å². The van der Waals surface area contributed by atoms with Crippen LogP contribution in [0.5, 0.6) is 0 Å². The molecule has 3 fully saturated rings. The number of amides is 2. The number of carbonyl (C=O) groups is 5. The topological polar surface area (TPSA) is 107 Å². The van der Waals surface area contributed by atoms with Crippen molar-refractivity contribution >= 4 is 29.9 Å². The molecule has 3 rings (SSSR count). The average Bonchev–Trinajstić information content (AvgIpc) is 2.71. The summed E-state index contributed by atoms with van der Waals surface area (Å²) in [5, 5.41) is 0. The number of rotatable bonds is 0. The van der Waals surface area contributed by atoms with Crippen LogP contribution in [0, 0.1) is 5.92 Å². The number of cyclic esters (lactones) is 4. The van der Waals surface area contributed by atoms with E-state index in [1.807, 2.05) is 0 Å². The van der Waals surface area contributed by atoms with Crippen LogP contribution in [0.4, 0.5) is 4.79 Å². The van der Waals surface area contributed by atoms with E-state index >= 15 is 0 Å². The monoisotopic (exact) mass is 225 g/mol. The fourth-order valence-corrected chi connectivity index (χ4v) is 2.26. The van der Waals surface area contributed by atoms with E-state index in [9.17, 15) is 24.0 Å². The lowest BCUT2D eigenvalue weighted by Gasteiger charge is -2.17. The molecule has 0 radical (unpaired) electrons. The third kappa shape index (κ3) is 0.649. The lowest BCUT2D eigenvalue weighted by Crippen LogP contribution is -2.53. The molecular formula is C8H3NO7. The Morgan fingerprint density at radius 2 is 1.69 bits per heavy atom. The summed E-state index contributed by atoms with van der Waals surface area (Å²) in [6, 6.07) is 0. The fourth-order valence-electron chi connectivity index (χ4n) is 2.26. The molecule has 2 unspecified atom stereocenters. The first kappa shape index (κ1) is 9.01. The maximum atomic E-state index is 11.5. The molecule has 0 aromatic carbocycles. The number of esters is 3. The SMILES string of the molecule is O=C1OC(=O)C23C(=O)OC(=O)N2C(=O)CC13. The third-order valence-corrected chi connectivity index (χ3v) is 2.95. The number of nitrogens with zero attached hydrogens (tertiary/aromatic N) is 1. The van der Waals surface area contributed by atoms with Gasteiger partial charge < -0.3 is 9.47 Å². The standard InChI is InChI=1S/C8H3NO7/c10-3-1-2-4(11)15-5(12)8(2)6(13)16-7(14)9(3)8/h2H,1H2. The number of carbonyl (C=O) groups excluding carboxylic acids is 5. The quantitative estimate of drug-likeness (QED) is 0.358. The van der Waals surface area contributed by atoms with Crippen LogP contribution in [-0.4, -0.2) is 40.3 Å². The van der Waals surface area contributed by atoms with Gasteiger partial charge in [0, 0.05) is 6.42 Å². The highest BCUT2D eigenvalue weighted by atomic mass is 16.6. The molecule has 0 aliphatic carbocycles. The summed E-state index contributed by atoms with van der Waals surface area (Å²) >= 11 is 0. The van der Waals surface area contributed by atoms with Gasteiger partial charge in [-0.2, -0.15) is 0 Å². The normalized spacial score (nSPS) is 36.4. The smallest absolute Gasteiger partial charge is 0.391 e. The van der Waals surface area contributed by atoms with E-state index in [4.69, 9.17) is 0 Å². The van der Waals surface area contributed by atoms with Crippen molar-refractivity contribution in [1.29, 1.82) is 0 Å². The van der Waals surface area contributed by atoms with Crippen LogP contribution in [0.15, 0.2) is 0 Å². The lowest BCUT2D eigenvalue weighted by molar-refractivity contribution is -0.159. The molecule has 3 saturated heterocycles. The summed E-state index contributed by atoms with van der Waals surface area (Å²) in [6.45, 7) is 0. The van der Waals surface area contributed by atoms with Gasteiger partial charge in [-0.05, 0) is 0 Å². The predicted octanol–water partition coefficient (Wildman–Crippen LogP) is -1.67. The van der Waals surface area contributed by atoms with E-state index in [0.717, 1.165) is 0 Å². The van der Waals surface area contributed by atoms with Crippen LogP contribution >= 0.6 is 0 Å². The lowest BCUT2D eigenvalue weighted by atomic mass is 9.88. The van der Waals surface area contributed by atoms with Gasteiger partial charge in [0.1, 0.15) is 5.92 Å². The summed E-state index contributed by atoms with van der Waals surface area (Å²) in [5.41, 5.74) is -2.19. The number of imide groups is 1. The van der Waals surface area contributed by atoms with Gasteiger partial charge in [-0.1, -0.05) is 0 Å². The van der Waals surface area contributed by atoms with Crippen LogP contribution < -0.4 is 0 Å². The van der Waals surface area contributed by atoms with Gasteiger partial charge in [0.15, 0.2) is 0 Å². The number of hydrogen-bond donors (Lipinski definition) is 0. The Bertz CT molecular complexity index is 485. The van der Waals surface area contributed by atoms with E-state index in [-0.39, 0.29) is 0 Å². The molecule has 1 spiro atoms. The van der Waals surface area contributed by atoms with Crippen molar-refractivity contribution in [2.45, 2.75) is 12.0 Å². The van der Waals surface area contributed by atoms with Crippen LogP contribution in [0.1, 0.15) is 6.42 Å². The van der Waals surface area contributed by atoms with Crippen molar-refractivity contribution in [3.8, 4) is 0 Å². The van der Waals surface area contributed by atoms with Crippen molar-refractivity contribution in [2.75, 3.05) is 0 Å². The highest BCUT2D eigenvalue weighted by molar-refractivity contribution is 6.27. The Morgan fingerprint density at radius 3 is 2.38 bits per heavy atom. The Kier molecular flexibility index (Phi) is 1.29. The van der Waals surface area contributed by atoms with Crippen molar-refractivity contribution in [3.05, 3.63) is 0 Å². The van der Waals surface area contributed by atoms with Crippen molar-refractivity contribution < 1.29 is 33.4 Å². The zero-order valence-corrected chi connectivity index (χ0v) is 7.59. The summed E-state index contributed by atoms with van der Waals surface area (Å²) < 4.78 is 8.47. The van der Waals surface area contributed by atoms with E-state index in [1.165, 1.54) is 0 Å². The highest BCUT2D eigenvalue weighted by Crippen LogP contribution is 2.46. The zero-order valence-electron chi connectivity index (χ0n) is 7.59. The van der Waals surface area contributed by atoms with Gasteiger partial charge >= 0.3 is 24.0 Å². The maximum absolute atomic E-state index is 11.5. The second kappa shape index (κ2) is 2.29. The first-order valence-electron chi connectivity index (χ1n) is 4.35. The first-order chi connectivity index (χ1) is 7.49. The van der Waals surface area contributed by atoms with Crippen molar-refractivity contribution in [3.63, 3.8) is 0 Å². The third-order valence-electron chi connectivity index (χ3n) is 2.95. The number of ether oxygens (including phenoxy) is 2. The van der Waals surface area contributed by atoms with Crippen molar-refractivity contribution in [1.82, 2.24) is 4.90 Å². The summed E-state index contributed by atoms with van der Waals surface area (Å²) in [4.78, 5) is 57.2. The molecule has 0 saturated carbocycles. The second-order valence-corrected chi connectivity index (χ2v) is 3.62. The van der Waals surface area contributed by atoms with Crippen LogP contribution in [-0.2, 0) is 28.7 Å². The highest BCUT2D eigenvalue weighted by Gasteiger charge is 2.78. The molecular weight excluding hydrogens is 222 g/mol. The van der Waals surface area contributed by atoms with Gasteiger partial charge in [0.25, 0.3) is 5.54 Å². The van der Waals surface area contributed by atoms with Gasteiger partial charge in [-0.25, -0.2) is 19.3 Å². The molecule has 8 nitrogen and oxygen atoms in total. The molecule has 16 heavy (non-hydrogen) atoms. The molecule has 2 amide bonds. The summed E-state index contributed by atoms with van der Waals surface area (Å²) in [7, 11) is 0. The second-order valence-electron chi connectivity index (χ2n) is 3.62. The average molecular weight is 225 g/mol. The maximum Gasteiger partial charge on any atom is 0.425 e. The Hall–Kier alpha value is -2.25. The van der Waals surface area contributed by atoms with Crippen LogP contribution in [0.3, 0.4) is 0 Å².